The van der Waals surface area contributed by atoms with Crippen molar-refractivity contribution in [2.45, 2.75) is 45.8 Å². The monoisotopic (exact) mass is 421 g/mol. The van der Waals surface area contributed by atoms with Gasteiger partial charge in [0.25, 0.3) is 0 Å². The van der Waals surface area contributed by atoms with Gasteiger partial charge in [-0.05, 0) is 52.3 Å². The lowest BCUT2D eigenvalue weighted by Gasteiger charge is -2.29. The number of amides is 1. The molecule has 0 fully saturated rings. The summed E-state index contributed by atoms with van der Waals surface area (Å²) in [5.41, 5.74) is 8.22. The lowest BCUT2D eigenvalue weighted by atomic mass is 9.91. The molecule has 0 aliphatic heterocycles. The van der Waals surface area contributed by atoms with Crippen LogP contribution in [-0.4, -0.2) is 16.7 Å². The van der Waals surface area contributed by atoms with E-state index in [0.717, 1.165) is 11.1 Å². The number of carbonyl (C=O) groups excluding carboxylic acids is 1. The molecule has 0 bridgehead atoms. The van der Waals surface area contributed by atoms with E-state index in [-0.39, 0.29) is 0 Å². The fourth-order valence-corrected chi connectivity index (χ4v) is 3.34. The lowest BCUT2D eigenvalue weighted by molar-refractivity contribution is 0.0469. The number of ether oxygens (including phenoxy) is 1. The van der Waals surface area contributed by atoms with Crippen molar-refractivity contribution in [1.29, 1.82) is 0 Å². The molecule has 162 valence electrons. The normalized spacial score (nSPS) is 11.8. The molecule has 0 unspecified atom stereocenters. The van der Waals surface area contributed by atoms with Gasteiger partial charge in [0.1, 0.15) is 11.4 Å². The number of rotatable bonds is 4. The molecule has 0 spiro atoms. The molecule has 31 heavy (non-hydrogen) atoms. The van der Waals surface area contributed by atoms with Gasteiger partial charge in [0.05, 0.1) is 23.1 Å². The maximum Gasteiger partial charge on any atom is 0.408 e. The Kier molecular flexibility index (Phi) is 6.02. The van der Waals surface area contributed by atoms with E-state index in [1.165, 1.54) is 6.07 Å². The van der Waals surface area contributed by atoms with E-state index in [1.807, 2.05) is 36.4 Å². The number of aromatic nitrogens is 1. The van der Waals surface area contributed by atoms with Gasteiger partial charge < -0.3 is 15.8 Å². The van der Waals surface area contributed by atoms with E-state index in [1.54, 1.807) is 52.9 Å². The molecule has 0 aliphatic carbocycles. The fourth-order valence-electron chi connectivity index (χ4n) is 3.34. The zero-order valence-corrected chi connectivity index (χ0v) is 18.5. The maximum atomic E-state index is 15.2. The van der Waals surface area contributed by atoms with Crippen LogP contribution in [0.1, 0.15) is 40.2 Å². The highest BCUT2D eigenvalue weighted by Crippen LogP contribution is 2.34. The predicted octanol–water partition coefficient (Wildman–Crippen LogP) is 5.90. The van der Waals surface area contributed by atoms with Crippen LogP contribution in [-0.2, 0) is 10.3 Å². The minimum absolute atomic E-state index is 0.346. The summed E-state index contributed by atoms with van der Waals surface area (Å²) in [7, 11) is 0. The summed E-state index contributed by atoms with van der Waals surface area (Å²) in [6.45, 7) is 8.79. The number of hydrogen-bond acceptors (Lipinski definition) is 4. The maximum absolute atomic E-state index is 15.2. The Morgan fingerprint density at radius 3 is 2.29 bits per heavy atom. The number of anilines is 1. The molecule has 3 aromatic rings. The third-order valence-electron chi connectivity index (χ3n) is 4.72. The molecule has 3 N–H and O–H groups in total. The third-order valence-corrected chi connectivity index (χ3v) is 4.72. The molecule has 5 nitrogen and oxygen atoms in total. The van der Waals surface area contributed by atoms with Crippen molar-refractivity contribution in [3.05, 3.63) is 72.2 Å². The highest BCUT2D eigenvalue weighted by atomic mass is 19.1. The first kappa shape index (κ1) is 22.3. The van der Waals surface area contributed by atoms with Crippen molar-refractivity contribution in [2.24, 2.45) is 0 Å². The molecule has 1 aromatic heterocycles. The second-order valence-electron chi connectivity index (χ2n) is 8.98. The van der Waals surface area contributed by atoms with Gasteiger partial charge in [-0.3, -0.25) is 4.98 Å². The van der Waals surface area contributed by atoms with Gasteiger partial charge in [0.15, 0.2) is 0 Å². The van der Waals surface area contributed by atoms with Gasteiger partial charge in [-0.15, -0.1) is 0 Å². The Bertz CT molecular complexity index is 1090. The number of benzene rings is 2. The van der Waals surface area contributed by atoms with Gasteiger partial charge in [-0.2, -0.15) is 0 Å². The van der Waals surface area contributed by atoms with Gasteiger partial charge in [0, 0.05) is 16.7 Å². The van der Waals surface area contributed by atoms with Crippen LogP contribution in [0.15, 0.2) is 60.8 Å². The van der Waals surface area contributed by atoms with Gasteiger partial charge in [-0.1, -0.05) is 42.5 Å². The van der Waals surface area contributed by atoms with Crippen molar-refractivity contribution >= 4 is 11.8 Å². The van der Waals surface area contributed by atoms with Gasteiger partial charge in [-0.25, -0.2) is 9.18 Å². The van der Waals surface area contributed by atoms with Crippen molar-refractivity contribution < 1.29 is 13.9 Å². The highest BCUT2D eigenvalue weighted by Gasteiger charge is 2.29. The zero-order valence-electron chi connectivity index (χ0n) is 18.5. The summed E-state index contributed by atoms with van der Waals surface area (Å²) in [6, 6.07) is 16.4. The predicted molar refractivity (Wildman–Crippen MR) is 122 cm³/mol. The lowest BCUT2D eigenvalue weighted by Crippen LogP contribution is -2.44. The molecule has 0 radical (unpaired) electrons. The third kappa shape index (κ3) is 5.40. The van der Waals surface area contributed by atoms with Gasteiger partial charge >= 0.3 is 6.09 Å². The Labute approximate surface area is 182 Å². The van der Waals surface area contributed by atoms with Crippen LogP contribution in [0.4, 0.5) is 14.9 Å². The number of nitrogens with zero attached hydrogens (tertiary/aromatic N) is 1. The molecule has 0 saturated heterocycles. The van der Waals surface area contributed by atoms with Crippen LogP contribution in [0, 0.1) is 5.82 Å². The second-order valence-corrected chi connectivity index (χ2v) is 8.98. The van der Waals surface area contributed by atoms with Crippen LogP contribution >= 0.6 is 0 Å². The largest absolute Gasteiger partial charge is 0.444 e. The summed E-state index contributed by atoms with van der Waals surface area (Å²) in [5.74, 6) is -0.448. The topological polar surface area (TPSA) is 77.2 Å². The Balaban J connectivity index is 1.96. The SMILES string of the molecule is CC(C)(C)OC(=O)NC(C)(C)c1ccc(-c2ncc(N)cc2-c2ccccc2)cc1F. The number of nitrogens with two attached hydrogens (primary N) is 1. The first-order chi connectivity index (χ1) is 14.5. The number of pyridine rings is 1. The van der Waals surface area contributed by atoms with Crippen LogP contribution < -0.4 is 11.1 Å². The minimum atomic E-state index is -0.970. The number of alkyl carbamates (subject to hydrolysis) is 1. The van der Waals surface area contributed by atoms with E-state index >= 15 is 4.39 Å². The number of halogens is 1. The second kappa shape index (κ2) is 8.38. The smallest absolute Gasteiger partial charge is 0.408 e. The summed E-state index contributed by atoms with van der Waals surface area (Å²) < 4.78 is 20.5. The van der Waals surface area contributed by atoms with E-state index in [0.29, 0.717) is 22.5 Å². The summed E-state index contributed by atoms with van der Waals surface area (Å²) in [4.78, 5) is 16.7. The molecule has 6 heteroatoms. The molecular formula is C25H28FN3O2. The van der Waals surface area contributed by atoms with Crippen LogP contribution in [0.2, 0.25) is 0 Å². The van der Waals surface area contributed by atoms with E-state index < -0.39 is 23.1 Å². The summed E-state index contributed by atoms with van der Waals surface area (Å²) >= 11 is 0. The van der Waals surface area contributed by atoms with E-state index in [2.05, 4.69) is 10.3 Å². The first-order valence-corrected chi connectivity index (χ1v) is 10.1. The van der Waals surface area contributed by atoms with Crippen molar-refractivity contribution in [1.82, 2.24) is 10.3 Å². The van der Waals surface area contributed by atoms with Crippen molar-refractivity contribution in [3.63, 3.8) is 0 Å². The van der Waals surface area contributed by atoms with Crippen LogP contribution in [0.3, 0.4) is 0 Å². The quantitative estimate of drug-likeness (QED) is 0.550. The summed E-state index contributed by atoms with van der Waals surface area (Å²) in [5, 5.41) is 2.74. The molecule has 0 atom stereocenters. The van der Waals surface area contributed by atoms with Crippen molar-refractivity contribution in [2.75, 3.05) is 5.73 Å². The molecule has 1 amide bonds. The zero-order chi connectivity index (χ0) is 22.8. The van der Waals surface area contributed by atoms with Crippen molar-refractivity contribution in [3.8, 4) is 22.4 Å². The number of hydrogen-bond donors (Lipinski definition) is 2. The number of nitrogen functional groups attached to an aromatic ring is 1. The Hall–Kier alpha value is -3.41. The molecule has 2 aromatic carbocycles. The van der Waals surface area contributed by atoms with E-state index in [9.17, 15) is 4.79 Å². The molecule has 0 aliphatic rings. The van der Waals surface area contributed by atoms with Gasteiger partial charge in [0.2, 0.25) is 0 Å². The summed E-state index contributed by atoms with van der Waals surface area (Å²) in [6.07, 6.45) is 0.953. The van der Waals surface area contributed by atoms with E-state index in [4.69, 9.17) is 10.5 Å². The Morgan fingerprint density at radius 1 is 1.00 bits per heavy atom. The van der Waals surface area contributed by atoms with Crippen LogP contribution in [0.25, 0.3) is 22.4 Å². The van der Waals surface area contributed by atoms with Crippen LogP contribution in [0.5, 0.6) is 0 Å². The Morgan fingerprint density at radius 2 is 1.68 bits per heavy atom. The average Bonchev–Trinajstić information content (AvgIpc) is 2.66. The fraction of sp³-hybridized carbons (Fsp3) is 0.280. The molecule has 1 heterocycles. The number of nitrogens with one attached hydrogen (secondary N) is 1. The minimum Gasteiger partial charge on any atom is -0.444 e. The average molecular weight is 422 g/mol. The molecule has 0 saturated carbocycles. The molecular weight excluding hydrogens is 393 g/mol. The standard InChI is InChI=1S/C25H28FN3O2/c1-24(2,3)31-23(30)29-25(4,5)20-12-11-17(13-21(20)26)22-19(14-18(27)15-28-22)16-9-7-6-8-10-16/h6-15H,27H2,1-5H3,(H,29,30). The number of carbonyl (C=O) groups is 1. The first-order valence-electron chi connectivity index (χ1n) is 10.1. The molecule has 3 rings (SSSR count). The highest BCUT2D eigenvalue weighted by molar-refractivity contribution is 5.82.